The lowest BCUT2D eigenvalue weighted by atomic mass is 9.83. The van der Waals surface area contributed by atoms with Gasteiger partial charge in [-0.2, -0.15) is 0 Å². The summed E-state index contributed by atoms with van der Waals surface area (Å²) in [6, 6.07) is 18.8. The lowest BCUT2D eigenvalue weighted by Gasteiger charge is -2.25. The van der Waals surface area contributed by atoms with Crippen molar-refractivity contribution < 1.29 is 0 Å². The normalized spacial score (nSPS) is 18.3. The van der Waals surface area contributed by atoms with Crippen molar-refractivity contribution in [2.75, 3.05) is 25.0 Å². The minimum atomic E-state index is 0.294. The average molecular weight is 463 g/mol. The fraction of sp³-hybridized carbons (Fsp3) is 0.400. The topological polar surface area (TPSA) is 0 Å². The summed E-state index contributed by atoms with van der Waals surface area (Å²) in [4.78, 5) is 0. The molecule has 0 heterocycles. The van der Waals surface area contributed by atoms with Gasteiger partial charge in [-0.1, -0.05) is 36.4 Å². The van der Waals surface area contributed by atoms with Gasteiger partial charge >= 0.3 is 0 Å². The standard InChI is InChI=1S/C30H38S2/c1-19-20(2)28-18-30(32(7)8)26-14-10-12-24(16-26)23-11-9-13-25(15-23)29(31(5)6)17-27(19)21(3)22(28)4/h9-16,29-30H,17-18H2,1-8H3/q+2. The predicted octanol–water partition coefficient (Wildman–Crippen LogP) is 7.22. The molecule has 0 fully saturated rings. The van der Waals surface area contributed by atoms with Gasteiger partial charge in [0.05, 0.1) is 25.0 Å². The second-order valence-electron chi connectivity index (χ2n) is 9.85. The van der Waals surface area contributed by atoms with Crippen molar-refractivity contribution in [2.24, 2.45) is 0 Å². The molecule has 0 amide bonds. The molecule has 0 aromatic heterocycles. The highest BCUT2D eigenvalue weighted by molar-refractivity contribution is 7.96. The summed E-state index contributed by atoms with van der Waals surface area (Å²) in [6.45, 7) is 9.49. The molecule has 2 unspecified atom stereocenters. The van der Waals surface area contributed by atoms with Gasteiger partial charge in [-0.25, -0.2) is 0 Å². The first-order valence-electron chi connectivity index (χ1n) is 11.6. The first-order valence-corrected chi connectivity index (χ1v) is 15.8. The van der Waals surface area contributed by atoms with Crippen LogP contribution < -0.4 is 0 Å². The molecule has 6 bridgehead atoms. The largest absolute Gasteiger partial charge is 0.146 e. The maximum atomic E-state index is 2.47. The summed E-state index contributed by atoms with van der Waals surface area (Å²) in [5, 5.41) is 1.10. The number of hydrogen-bond donors (Lipinski definition) is 0. The highest BCUT2D eigenvalue weighted by Crippen LogP contribution is 2.38. The van der Waals surface area contributed by atoms with Crippen LogP contribution in [0.2, 0.25) is 0 Å². The van der Waals surface area contributed by atoms with E-state index in [1.54, 1.807) is 11.1 Å². The van der Waals surface area contributed by atoms with E-state index in [1.165, 1.54) is 44.5 Å². The van der Waals surface area contributed by atoms with Crippen molar-refractivity contribution in [2.45, 2.75) is 51.0 Å². The number of benzene rings is 3. The third-order valence-electron chi connectivity index (χ3n) is 7.70. The second kappa shape index (κ2) is 9.31. The van der Waals surface area contributed by atoms with Crippen LogP contribution in [-0.4, -0.2) is 25.0 Å². The molecule has 2 heteroatoms. The van der Waals surface area contributed by atoms with Crippen LogP contribution in [0.1, 0.15) is 55.0 Å². The zero-order valence-electron chi connectivity index (χ0n) is 21.0. The van der Waals surface area contributed by atoms with Gasteiger partial charge < -0.3 is 0 Å². The van der Waals surface area contributed by atoms with Gasteiger partial charge in [0, 0.05) is 24.0 Å². The van der Waals surface area contributed by atoms with Gasteiger partial charge in [0.2, 0.25) is 0 Å². The van der Waals surface area contributed by atoms with Crippen molar-refractivity contribution in [3.63, 3.8) is 0 Å². The van der Waals surface area contributed by atoms with E-state index in [0.29, 0.717) is 32.3 Å². The molecule has 0 spiro atoms. The molecule has 2 aliphatic rings. The molecular weight excluding hydrogens is 424 g/mol. The third-order valence-corrected chi connectivity index (χ3v) is 10.9. The number of rotatable bonds is 2. The molecule has 168 valence electrons. The first-order chi connectivity index (χ1) is 15.2. The average Bonchev–Trinajstić information content (AvgIpc) is 2.77. The predicted molar refractivity (Wildman–Crippen MR) is 149 cm³/mol. The Morgan fingerprint density at radius 3 is 1.22 bits per heavy atom. The van der Waals surface area contributed by atoms with E-state index in [4.69, 9.17) is 0 Å². The fourth-order valence-corrected chi connectivity index (χ4v) is 7.78. The summed E-state index contributed by atoms with van der Waals surface area (Å²) in [7, 11) is 0.588. The summed E-state index contributed by atoms with van der Waals surface area (Å²) < 4.78 is 0. The van der Waals surface area contributed by atoms with E-state index < -0.39 is 0 Å². The molecule has 0 aliphatic heterocycles. The maximum Gasteiger partial charge on any atom is 0.146 e. The van der Waals surface area contributed by atoms with Crippen LogP contribution in [0.4, 0.5) is 0 Å². The third kappa shape index (κ3) is 4.29. The summed E-state index contributed by atoms with van der Waals surface area (Å²) in [5.41, 5.74) is 14.9. The van der Waals surface area contributed by atoms with Crippen molar-refractivity contribution >= 4 is 21.8 Å². The zero-order valence-corrected chi connectivity index (χ0v) is 22.6. The maximum absolute atomic E-state index is 2.47. The summed E-state index contributed by atoms with van der Waals surface area (Å²) >= 11 is 0. The molecule has 32 heavy (non-hydrogen) atoms. The van der Waals surface area contributed by atoms with Gasteiger partial charge in [-0.3, -0.25) is 0 Å². The molecule has 5 rings (SSSR count). The fourth-order valence-electron chi connectivity index (χ4n) is 5.40. The molecule has 0 nitrogen and oxygen atoms in total. The van der Waals surface area contributed by atoms with Gasteiger partial charge in [-0.15, -0.1) is 0 Å². The Bertz CT molecular complexity index is 1020. The highest BCUT2D eigenvalue weighted by Gasteiger charge is 2.31. The smallest absolute Gasteiger partial charge is 0.0612 e. The molecule has 0 saturated carbocycles. The molecule has 2 atom stereocenters. The van der Waals surface area contributed by atoms with Crippen LogP contribution in [0, 0.1) is 27.7 Å². The van der Waals surface area contributed by atoms with Crippen molar-refractivity contribution in [1.82, 2.24) is 0 Å². The van der Waals surface area contributed by atoms with Gasteiger partial charge in [-0.05, 0) is 106 Å². The zero-order chi connectivity index (χ0) is 23.2. The van der Waals surface area contributed by atoms with Crippen LogP contribution in [0.5, 0.6) is 0 Å². The van der Waals surface area contributed by atoms with Crippen molar-refractivity contribution in [3.8, 4) is 11.1 Å². The second-order valence-corrected chi connectivity index (χ2v) is 14.5. The lowest BCUT2D eigenvalue weighted by molar-refractivity contribution is 0.868. The Balaban J connectivity index is 2.03. The molecule has 0 N–H and O–H groups in total. The van der Waals surface area contributed by atoms with E-state index >= 15 is 0 Å². The van der Waals surface area contributed by atoms with E-state index in [-0.39, 0.29) is 0 Å². The van der Waals surface area contributed by atoms with Crippen LogP contribution in [0.15, 0.2) is 48.5 Å². The Kier molecular flexibility index (Phi) is 6.84. The number of hydrogen-bond acceptors (Lipinski definition) is 0. The molecule has 0 radical (unpaired) electrons. The van der Waals surface area contributed by atoms with Gasteiger partial charge in [0.25, 0.3) is 0 Å². The van der Waals surface area contributed by atoms with Crippen LogP contribution in [0.25, 0.3) is 11.1 Å². The first kappa shape index (κ1) is 23.5. The van der Waals surface area contributed by atoms with Crippen LogP contribution in [-0.2, 0) is 34.6 Å². The monoisotopic (exact) mass is 462 g/mol. The van der Waals surface area contributed by atoms with Gasteiger partial charge in [0.15, 0.2) is 0 Å². The van der Waals surface area contributed by atoms with Gasteiger partial charge in [0.1, 0.15) is 10.5 Å². The minimum absolute atomic E-state index is 0.294. The van der Waals surface area contributed by atoms with E-state index in [9.17, 15) is 0 Å². The lowest BCUT2D eigenvalue weighted by Crippen LogP contribution is -2.19. The van der Waals surface area contributed by atoms with Crippen LogP contribution >= 0.6 is 0 Å². The Labute approximate surface area is 201 Å². The molecule has 2 aliphatic carbocycles. The SMILES string of the molecule is Cc1c(C)c2c(C)c(C)c1CC([S+](C)C)c1cccc(c1)-c1cccc(c1)C([S+](C)C)C2. The highest BCUT2D eigenvalue weighted by atomic mass is 32.2. The van der Waals surface area contributed by atoms with E-state index in [0.717, 1.165) is 12.8 Å². The van der Waals surface area contributed by atoms with E-state index in [1.807, 2.05) is 0 Å². The molecular formula is C30H38S2+2. The Morgan fingerprint density at radius 2 is 0.906 bits per heavy atom. The quantitative estimate of drug-likeness (QED) is 0.353. The molecule has 3 aromatic carbocycles. The molecule has 3 aromatic rings. The minimum Gasteiger partial charge on any atom is -0.0612 e. The van der Waals surface area contributed by atoms with E-state index in [2.05, 4.69) is 101 Å². The Hall–Kier alpha value is -1.64. The molecule has 0 saturated heterocycles. The van der Waals surface area contributed by atoms with Crippen LogP contribution in [0.3, 0.4) is 0 Å². The number of fused-ring (bicyclic) bond motifs is 4. The van der Waals surface area contributed by atoms with Crippen molar-refractivity contribution in [1.29, 1.82) is 0 Å². The Morgan fingerprint density at radius 1 is 0.562 bits per heavy atom. The van der Waals surface area contributed by atoms with Crippen molar-refractivity contribution in [3.05, 3.63) is 93.0 Å². The summed E-state index contributed by atoms with van der Waals surface area (Å²) in [5.74, 6) is 0. The summed E-state index contributed by atoms with van der Waals surface area (Å²) in [6.07, 6.45) is 11.9.